The van der Waals surface area contributed by atoms with Crippen LogP contribution in [0.15, 0.2) is 34.9 Å². The van der Waals surface area contributed by atoms with Crippen LogP contribution in [0.4, 0.5) is 0 Å². The quantitative estimate of drug-likeness (QED) is 0.451. The van der Waals surface area contributed by atoms with Gasteiger partial charge in [0.15, 0.2) is 11.6 Å². The molecule has 2 unspecified atom stereocenters. The lowest BCUT2D eigenvalue weighted by Gasteiger charge is -2.42. The molecule has 2 heteroatoms. The van der Waals surface area contributed by atoms with Crippen LogP contribution >= 0.6 is 0 Å². The van der Waals surface area contributed by atoms with Gasteiger partial charge in [-0.15, -0.1) is 0 Å². The summed E-state index contributed by atoms with van der Waals surface area (Å²) >= 11 is 0. The van der Waals surface area contributed by atoms with Crippen LogP contribution in [0.1, 0.15) is 89.5 Å². The Morgan fingerprint density at radius 1 is 0.633 bits per heavy atom. The summed E-state index contributed by atoms with van der Waals surface area (Å²) in [5, 5.41) is 0. The molecular weight excluding hydrogens is 368 g/mol. The Morgan fingerprint density at radius 3 is 1.37 bits per heavy atom. The zero-order chi connectivity index (χ0) is 23.4. The highest BCUT2D eigenvalue weighted by molar-refractivity contribution is 6.10. The molecule has 2 atom stereocenters. The second-order valence-corrected chi connectivity index (χ2v) is 13.6. The van der Waals surface area contributed by atoms with E-state index in [9.17, 15) is 9.59 Å². The topological polar surface area (TPSA) is 34.1 Å². The van der Waals surface area contributed by atoms with Crippen molar-refractivity contribution in [2.75, 3.05) is 0 Å². The highest BCUT2D eigenvalue weighted by Crippen LogP contribution is 2.47. The molecule has 0 aliphatic heterocycles. The Labute approximate surface area is 185 Å². The Hall–Kier alpha value is -1.44. The number of rotatable bonds is 1. The van der Waals surface area contributed by atoms with Crippen molar-refractivity contribution in [2.24, 2.45) is 39.4 Å². The van der Waals surface area contributed by atoms with Gasteiger partial charge < -0.3 is 0 Å². The van der Waals surface area contributed by atoms with E-state index in [0.717, 1.165) is 23.1 Å². The first-order valence-electron chi connectivity index (χ1n) is 11.5. The summed E-state index contributed by atoms with van der Waals surface area (Å²) in [6.07, 6.45) is 7.48. The SMILES string of the molecule is CC(C)(C)C1=CC(C2C=C(C(C)(C)C)C(=O)C(C(C)(C)C)C2)C=C(C(C)(C)C)C1=O. The Morgan fingerprint density at radius 2 is 1.03 bits per heavy atom. The Bertz CT molecular complexity index is 771. The Balaban J connectivity index is 2.66. The van der Waals surface area contributed by atoms with E-state index in [1.54, 1.807) is 0 Å². The van der Waals surface area contributed by atoms with E-state index >= 15 is 0 Å². The molecule has 0 bridgehead atoms. The molecule has 0 fully saturated rings. The lowest BCUT2D eigenvalue weighted by atomic mass is 9.61. The number of hydrogen-bond donors (Lipinski definition) is 0. The molecule has 30 heavy (non-hydrogen) atoms. The van der Waals surface area contributed by atoms with E-state index < -0.39 is 0 Å². The molecule has 0 aromatic rings. The van der Waals surface area contributed by atoms with Gasteiger partial charge in [-0.25, -0.2) is 0 Å². The fraction of sp³-hybridized carbons (Fsp3) is 0.714. The van der Waals surface area contributed by atoms with E-state index in [2.05, 4.69) is 101 Å². The fourth-order valence-electron chi connectivity index (χ4n) is 4.72. The monoisotopic (exact) mass is 412 g/mol. The van der Waals surface area contributed by atoms with Gasteiger partial charge in [0.05, 0.1) is 0 Å². The maximum Gasteiger partial charge on any atom is 0.185 e. The molecule has 2 aliphatic carbocycles. The lowest BCUT2D eigenvalue weighted by Crippen LogP contribution is -2.40. The normalized spacial score (nSPS) is 25.1. The summed E-state index contributed by atoms with van der Waals surface area (Å²) in [5.41, 5.74) is 2.10. The third-order valence-corrected chi connectivity index (χ3v) is 6.64. The number of hydrogen-bond acceptors (Lipinski definition) is 2. The van der Waals surface area contributed by atoms with Gasteiger partial charge in [-0.05, 0) is 39.6 Å². The summed E-state index contributed by atoms with van der Waals surface area (Å²) < 4.78 is 0. The van der Waals surface area contributed by atoms with Crippen molar-refractivity contribution in [1.29, 1.82) is 0 Å². The standard InChI is InChI=1S/C28H44O2/c1-25(2,3)19-13-17(14-20(23(19)29)26(4,5)6)18-15-21(27(7,8)9)24(30)22(16-18)28(10,11)12/h13-15,17-18,22H,16H2,1-12H3. The van der Waals surface area contributed by atoms with E-state index in [-0.39, 0.29) is 45.2 Å². The summed E-state index contributed by atoms with van der Waals surface area (Å²) in [4.78, 5) is 26.7. The minimum absolute atomic E-state index is 0.00248. The van der Waals surface area contributed by atoms with Gasteiger partial charge in [0, 0.05) is 23.0 Å². The molecule has 2 aliphatic rings. The molecule has 0 amide bonds. The molecule has 0 aromatic carbocycles. The maximum absolute atomic E-state index is 13.4. The largest absolute Gasteiger partial charge is 0.294 e. The minimum Gasteiger partial charge on any atom is -0.294 e. The highest BCUT2D eigenvalue weighted by Gasteiger charge is 2.44. The molecule has 2 nitrogen and oxygen atoms in total. The minimum atomic E-state index is -0.204. The van der Waals surface area contributed by atoms with Crippen molar-refractivity contribution in [3.63, 3.8) is 0 Å². The van der Waals surface area contributed by atoms with Gasteiger partial charge in [-0.3, -0.25) is 9.59 Å². The lowest BCUT2D eigenvalue weighted by molar-refractivity contribution is -0.124. The smallest absolute Gasteiger partial charge is 0.185 e. The highest BCUT2D eigenvalue weighted by atomic mass is 16.1. The fourth-order valence-corrected chi connectivity index (χ4v) is 4.72. The zero-order valence-corrected chi connectivity index (χ0v) is 21.5. The predicted octanol–water partition coefficient (Wildman–Crippen LogP) is 7.35. The second kappa shape index (κ2) is 7.61. The maximum atomic E-state index is 13.4. The summed E-state index contributed by atoms with van der Waals surface area (Å²) in [7, 11) is 0. The second-order valence-electron chi connectivity index (χ2n) is 13.6. The molecule has 2 rings (SSSR count). The first-order chi connectivity index (χ1) is 13.2. The van der Waals surface area contributed by atoms with Crippen LogP contribution in [-0.2, 0) is 9.59 Å². The third kappa shape index (κ3) is 5.06. The van der Waals surface area contributed by atoms with Gasteiger partial charge in [0.2, 0.25) is 0 Å². The molecule has 0 saturated heterocycles. The molecule has 168 valence electrons. The molecule has 0 N–H and O–H groups in total. The molecular formula is C28H44O2. The molecule has 0 radical (unpaired) electrons. The van der Waals surface area contributed by atoms with E-state index in [1.807, 2.05) is 0 Å². The van der Waals surface area contributed by atoms with Crippen molar-refractivity contribution in [3.8, 4) is 0 Å². The third-order valence-electron chi connectivity index (χ3n) is 6.64. The van der Waals surface area contributed by atoms with Gasteiger partial charge in [-0.2, -0.15) is 0 Å². The first-order valence-corrected chi connectivity index (χ1v) is 11.5. The van der Waals surface area contributed by atoms with Crippen LogP contribution in [-0.4, -0.2) is 11.6 Å². The van der Waals surface area contributed by atoms with Crippen LogP contribution in [0.25, 0.3) is 0 Å². The van der Waals surface area contributed by atoms with Crippen LogP contribution in [0, 0.1) is 39.4 Å². The number of ketones is 2. The van der Waals surface area contributed by atoms with Crippen molar-refractivity contribution in [1.82, 2.24) is 0 Å². The number of Topliss-reactive ketones (excluding diaryl/α,β-unsaturated/α-hetero) is 2. The predicted molar refractivity (Wildman–Crippen MR) is 127 cm³/mol. The number of allylic oxidation sites excluding steroid dienone is 6. The van der Waals surface area contributed by atoms with E-state index in [0.29, 0.717) is 5.78 Å². The Kier molecular flexibility index (Phi) is 6.29. The van der Waals surface area contributed by atoms with E-state index in [4.69, 9.17) is 0 Å². The number of carbonyl (C=O) groups is 2. The van der Waals surface area contributed by atoms with Gasteiger partial charge in [0.25, 0.3) is 0 Å². The summed E-state index contributed by atoms with van der Waals surface area (Å²) in [6.45, 7) is 25.7. The van der Waals surface area contributed by atoms with Crippen molar-refractivity contribution >= 4 is 11.6 Å². The van der Waals surface area contributed by atoms with Crippen LogP contribution in [0.5, 0.6) is 0 Å². The van der Waals surface area contributed by atoms with Crippen LogP contribution in [0.2, 0.25) is 0 Å². The first kappa shape index (κ1) is 24.8. The van der Waals surface area contributed by atoms with Gasteiger partial charge >= 0.3 is 0 Å². The molecule has 0 aromatic heterocycles. The van der Waals surface area contributed by atoms with Gasteiger partial charge in [0.1, 0.15) is 0 Å². The van der Waals surface area contributed by atoms with Crippen LogP contribution < -0.4 is 0 Å². The average Bonchev–Trinajstić information content (AvgIpc) is 2.50. The van der Waals surface area contributed by atoms with E-state index in [1.165, 1.54) is 0 Å². The molecule has 0 spiro atoms. The van der Waals surface area contributed by atoms with Crippen molar-refractivity contribution < 1.29 is 9.59 Å². The van der Waals surface area contributed by atoms with Crippen molar-refractivity contribution in [2.45, 2.75) is 89.5 Å². The zero-order valence-electron chi connectivity index (χ0n) is 21.5. The summed E-state index contributed by atoms with van der Waals surface area (Å²) in [6, 6.07) is 0. The van der Waals surface area contributed by atoms with Crippen molar-refractivity contribution in [3.05, 3.63) is 34.9 Å². The van der Waals surface area contributed by atoms with Crippen LogP contribution in [0.3, 0.4) is 0 Å². The van der Waals surface area contributed by atoms with Gasteiger partial charge in [-0.1, -0.05) is 101 Å². The average molecular weight is 413 g/mol. The molecule has 0 saturated carbocycles. The summed E-state index contributed by atoms with van der Waals surface area (Å²) in [5.74, 6) is 0.853. The number of carbonyl (C=O) groups excluding carboxylic acids is 2. The molecule has 0 heterocycles.